The molecule has 23 heavy (non-hydrogen) atoms. The SMILES string of the molecule is CN=C(NCCCOCc1ccco1)NCc1ccc(C)cc1. The third-order valence-electron chi connectivity index (χ3n) is 3.39. The summed E-state index contributed by atoms with van der Waals surface area (Å²) in [7, 11) is 1.78. The second-order valence-corrected chi connectivity index (χ2v) is 5.32. The van der Waals surface area contributed by atoms with E-state index < -0.39 is 0 Å². The number of hydrogen-bond acceptors (Lipinski definition) is 3. The zero-order valence-corrected chi connectivity index (χ0v) is 13.8. The van der Waals surface area contributed by atoms with Crippen molar-refractivity contribution in [1.29, 1.82) is 0 Å². The summed E-state index contributed by atoms with van der Waals surface area (Å²) in [5.41, 5.74) is 2.51. The van der Waals surface area contributed by atoms with Gasteiger partial charge in [-0.15, -0.1) is 0 Å². The summed E-state index contributed by atoms with van der Waals surface area (Å²) < 4.78 is 10.7. The van der Waals surface area contributed by atoms with Crippen molar-refractivity contribution < 1.29 is 9.15 Å². The quantitative estimate of drug-likeness (QED) is 0.447. The molecule has 0 amide bonds. The highest BCUT2D eigenvalue weighted by molar-refractivity contribution is 5.79. The van der Waals surface area contributed by atoms with Gasteiger partial charge in [-0.05, 0) is 31.0 Å². The highest BCUT2D eigenvalue weighted by atomic mass is 16.5. The Bertz CT molecular complexity index is 577. The third-order valence-corrected chi connectivity index (χ3v) is 3.39. The molecule has 0 saturated heterocycles. The van der Waals surface area contributed by atoms with Crippen molar-refractivity contribution in [1.82, 2.24) is 10.6 Å². The van der Waals surface area contributed by atoms with Crippen LogP contribution in [-0.2, 0) is 17.9 Å². The van der Waals surface area contributed by atoms with Crippen LogP contribution in [0.15, 0.2) is 52.1 Å². The normalized spacial score (nSPS) is 11.5. The third kappa shape index (κ3) is 6.57. The van der Waals surface area contributed by atoms with Gasteiger partial charge >= 0.3 is 0 Å². The van der Waals surface area contributed by atoms with Crippen molar-refractivity contribution in [3.8, 4) is 0 Å². The Kier molecular flexibility index (Phi) is 7.20. The smallest absolute Gasteiger partial charge is 0.191 e. The summed E-state index contributed by atoms with van der Waals surface area (Å²) >= 11 is 0. The van der Waals surface area contributed by atoms with E-state index >= 15 is 0 Å². The highest BCUT2D eigenvalue weighted by Crippen LogP contribution is 2.03. The van der Waals surface area contributed by atoms with E-state index in [0.717, 1.165) is 31.2 Å². The van der Waals surface area contributed by atoms with Gasteiger partial charge in [-0.25, -0.2) is 0 Å². The van der Waals surface area contributed by atoms with Crippen LogP contribution in [0.1, 0.15) is 23.3 Å². The molecule has 1 heterocycles. The molecule has 0 radical (unpaired) electrons. The monoisotopic (exact) mass is 315 g/mol. The van der Waals surface area contributed by atoms with Crippen molar-refractivity contribution in [3.63, 3.8) is 0 Å². The van der Waals surface area contributed by atoms with Gasteiger partial charge in [0.05, 0.1) is 6.26 Å². The first-order valence-electron chi connectivity index (χ1n) is 7.88. The number of guanidine groups is 1. The van der Waals surface area contributed by atoms with Crippen LogP contribution in [0.3, 0.4) is 0 Å². The maximum Gasteiger partial charge on any atom is 0.191 e. The van der Waals surface area contributed by atoms with Crippen LogP contribution in [0.25, 0.3) is 0 Å². The molecule has 0 aliphatic rings. The number of ether oxygens (including phenoxy) is 1. The van der Waals surface area contributed by atoms with Gasteiger partial charge in [-0.3, -0.25) is 4.99 Å². The van der Waals surface area contributed by atoms with Gasteiger partial charge in [0.1, 0.15) is 12.4 Å². The molecule has 2 aromatic rings. The molecule has 0 fully saturated rings. The van der Waals surface area contributed by atoms with E-state index in [1.165, 1.54) is 11.1 Å². The van der Waals surface area contributed by atoms with Crippen molar-refractivity contribution >= 4 is 5.96 Å². The van der Waals surface area contributed by atoms with Gasteiger partial charge < -0.3 is 19.8 Å². The van der Waals surface area contributed by atoms with E-state index in [-0.39, 0.29) is 0 Å². The first-order valence-corrected chi connectivity index (χ1v) is 7.88. The lowest BCUT2D eigenvalue weighted by Crippen LogP contribution is -2.37. The number of rotatable bonds is 8. The minimum Gasteiger partial charge on any atom is -0.467 e. The summed E-state index contributed by atoms with van der Waals surface area (Å²) in [5, 5.41) is 6.58. The first-order chi connectivity index (χ1) is 11.3. The fourth-order valence-electron chi connectivity index (χ4n) is 2.06. The molecule has 2 rings (SSSR count). The molecule has 0 saturated carbocycles. The maximum absolute atomic E-state index is 5.54. The van der Waals surface area contributed by atoms with Crippen LogP contribution < -0.4 is 10.6 Å². The lowest BCUT2D eigenvalue weighted by atomic mass is 10.1. The Morgan fingerprint density at radius 1 is 1.17 bits per heavy atom. The fourth-order valence-corrected chi connectivity index (χ4v) is 2.06. The number of benzene rings is 1. The van der Waals surface area contributed by atoms with Gasteiger partial charge in [0.15, 0.2) is 5.96 Å². The van der Waals surface area contributed by atoms with Gasteiger partial charge in [0, 0.05) is 26.7 Å². The molecule has 0 aliphatic carbocycles. The Morgan fingerprint density at radius 2 is 2.00 bits per heavy atom. The Morgan fingerprint density at radius 3 is 2.70 bits per heavy atom. The second-order valence-electron chi connectivity index (χ2n) is 5.32. The average Bonchev–Trinajstić information content (AvgIpc) is 3.08. The summed E-state index contributed by atoms with van der Waals surface area (Å²) in [6, 6.07) is 12.3. The Hall–Kier alpha value is -2.27. The summed E-state index contributed by atoms with van der Waals surface area (Å²) in [6.45, 7) is 4.86. The van der Waals surface area contributed by atoms with Crippen LogP contribution in [0.2, 0.25) is 0 Å². The van der Waals surface area contributed by atoms with Gasteiger partial charge in [0.2, 0.25) is 0 Å². The molecule has 124 valence electrons. The summed E-state index contributed by atoms with van der Waals surface area (Å²) in [4.78, 5) is 4.22. The van der Waals surface area contributed by atoms with E-state index in [4.69, 9.17) is 9.15 Å². The number of aryl methyl sites for hydroxylation is 1. The van der Waals surface area contributed by atoms with Gasteiger partial charge in [0.25, 0.3) is 0 Å². The predicted molar refractivity (Wildman–Crippen MR) is 92.4 cm³/mol. The van der Waals surface area contributed by atoms with E-state index in [0.29, 0.717) is 13.2 Å². The molecule has 0 atom stereocenters. The average molecular weight is 315 g/mol. The first kappa shape index (κ1) is 17.1. The van der Waals surface area contributed by atoms with Crippen molar-refractivity contribution in [2.45, 2.75) is 26.5 Å². The zero-order valence-electron chi connectivity index (χ0n) is 13.8. The standard InChI is InChI=1S/C18H25N3O2/c1-15-6-8-16(9-7-15)13-21-18(19-2)20-10-4-11-22-14-17-5-3-12-23-17/h3,5-9,12H,4,10-11,13-14H2,1-2H3,(H2,19,20,21). The molecule has 0 aliphatic heterocycles. The zero-order chi connectivity index (χ0) is 16.3. The predicted octanol–water partition coefficient (Wildman–Crippen LogP) is 2.86. The molecule has 1 aromatic heterocycles. The second kappa shape index (κ2) is 9.69. The fraction of sp³-hybridized carbons (Fsp3) is 0.389. The summed E-state index contributed by atoms with van der Waals surface area (Å²) in [6.07, 6.45) is 2.57. The van der Waals surface area contributed by atoms with E-state index in [9.17, 15) is 0 Å². The lowest BCUT2D eigenvalue weighted by Gasteiger charge is -2.12. The molecule has 0 bridgehead atoms. The maximum atomic E-state index is 5.54. The molecule has 0 unspecified atom stereocenters. The molecule has 0 spiro atoms. The van der Waals surface area contributed by atoms with Crippen LogP contribution in [-0.4, -0.2) is 26.2 Å². The van der Waals surface area contributed by atoms with Crippen LogP contribution in [0, 0.1) is 6.92 Å². The number of furan rings is 1. The van der Waals surface area contributed by atoms with E-state index in [1.54, 1.807) is 13.3 Å². The van der Waals surface area contributed by atoms with Crippen molar-refractivity contribution in [2.75, 3.05) is 20.2 Å². The van der Waals surface area contributed by atoms with Gasteiger partial charge in [-0.1, -0.05) is 29.8 Å². The number of aliphatic imine (C=N–C) groups is 1. The topological polar surface area (TPSA) is 58.8 Å². The molecular weight excluding hydrogens is 290 g/mol. The minimum absolute atomic E-state index is 0.521. The highest BCUT2D eigenvalue weighted by Gasteiger charge is 1.99. The Balaban J connectivity index is 1.56. The van der Waals surface area contributed by atoms with Gasteiger partial charge in [-0.2, -0.15) is 0 Å². The Labute approximate surface area is 137 Å². The van der Waals surface area contributed by atoms with E-state index in [1.807, 2.05) is 12.1 Å². The molecular formula is C18H25N3O2. The van der Waals surface area contributed by atoms with Crippen molar-refractivity contribution in [2.24, 2.45) is 4.99 Å². The number of nitrogens with one attached hydrogen (secondary N) is 2. The molecule has 5 nitrogen and oxygen atoms in total. The van der Waals surface area contributed by atoms with E-state index in [2.05, 4.69) is 46.8 Å². The lowest BCUT2D eigenvalue weighted by molar-refractivity contribution is 0.105. The molecule has 1 aromatic carbocycles. The largest absolute Gasteiger partial charge is 0.467 e. The number of hydrogen-bond donors (Lipinski definition) is 2. The van der Waals surface area contributed by atoms with Crippen LogP contribution in [0.5, 0.6) is 0 Å². The minimum atomic E-state index is 0.521. The number of nitrogens with zero attached hydrogens (tertiary/aromatic N) is 1. The molecule has 5 heteroatoms. The van der Waals surface area contributed by atoms with Crippen LogP contribution >= 0.6 is 0 Å². The van der Waals surface area contributed by atoms with Crippen LogP contribution in [0.4, 0.5) is 0 Å². The summed E-state index contributed by atoms with van der Waals surface area (Å²) in [5.74, 6) is 1.66. The molecule has 2 N–H and O–H groups in total. The van der Waals surface area contributed by atoms with Crippen molar-refractivity contribution in [3.05, 3.63) is 59.5 Å².